The van der Waals surface area contributed by atoms with E-state index in [0.717, 1.165) is 4.88 Å². The molecule has 32 heavy (non-hydrogen) atoms. The minimum Gasteiger partial charge on any atom is -0.454 e. The van der Waals surface area contributed by atoms with Crippen molar-refractivity contribution >= 4 is 40.6 Å². The van der Waals surface area contributed by atoms with E-state index in [4.69, 9.17) is 4.74 Å². The summed E-state index contributed by atoms with van der Waals surface area (Å²) in [5, 5.41) is 2.64. The Hall–Kier alpha value is -3.91. The second kappa shape index (κ2) is 8.68. The highest BCUT2D eigenvalue weighted by Crippen LogP contribution is 2.30. The van der Waals surface area contributed by atoms with Crippen molar-refractivity contribution in [3.63, 3.8) is 0 Å². The Kier molecular flexibility index (Phi) is 5.79. The molecule has 0 fully saturated rings. The number of rotatable bonds is 6. The lowest BCUT2D eigenvalue weighted by Crippen LogP contribution is -2.25. The zero-order chi connectivity index (χ0) is 22.8. The van der Waals surface area contributed by atoms with Gasteiger partial charge in [-0.05, 0) is 18.2 Å². The predicted octanol–water partition coefficient (Wildman–Crippen LogP) is 3.20. The predicted molar refractivity (Wildman–Crippen MR) is 116 cm³/mol. The number of hydrogen-bond acceptors (Lipinski definition) is 7. The number of esters is 1. The zero-order valence-corrected chi connectivity index (χ0v) is 17.8. The molecule has 7 nitrogen and oxygen atoms in total. The maximum absolute atomic E-state index is 13.0. The van der Waals surface area contributed by atoms with Crippen LogP contribution in [0.25, 0.3) is 0 Å². The monoisotopic (exact) mass is 447 g/mol. The fraction of sp³-hybridized carbons (Fsp3) is 0.125. The molecule has 1 aromatic heterocycles. The molecule has 8 heteroatoms. The highest BCUT2D eigenvalue weighted by Gasteiger charge is 2.33. The van der Waals surface area contributed by atoms with Crippen molar-refractivity contribution in [1.29, 1.82) is 0 Å². The molecule has 0 spiro atoms. The molecule has 4 rings (SSSR count). The first kappa shape index (κ1) is 21.3. The molecule has 1 amide bonds. The number of nitrogens with one attached hydrogen (secondary N) is 1. The molecule has 0 unspecified atom stereocenters. The number of hydrogen-bond donors (Lipinski definition) is 1. The second-order valence-corrected chi connectivity index (χ2v) is 8.28. The Bertz CT molecular complexity index is 1290. The van der Waals surface area contributed by atoms with Gasteiger partial charge in [-0.1, -0.05) is 36.4 Å². The molecule has 0 saturated carbocycles. The number of thiophene rings is 1. The fourth-order valence-electron chi connectivity index (χ4n) is 3.43. The molecular weight excluding hydrogens is 430 g/mol. The van der Waals surface area contributed by atoms with Crippen molar-refractivity contribution in [2.24, 2.45) is 0 Å². The summed E-state index contributed by atoms with van der Waals surface area (Å²) in [4.78, 5) is 63.1. The molecule has 160 valence electrons. The molecule has 0 radical (unpaired) electrons. The molecule has 2 aromatic carbocycles. The summed E-state index contributed by atoms with van der Waals surface area (Å²) < 4.78 is 5.17. The number of amides is 1. The number of fused-ring (bicyclic) bond motifs is 2. The first-order valence-electron chi connectivity index (χ1n) is 9.71. The van der Waals surface area contributed by atoms with Crippen LogP contribution in [0.5, 0.6) is 0 Å². The van der Waals surface area contributed by atoms with E-state index < -0.39 is 24.1 Å². The molecular formula is C24H17NO6S. The van der Waals surface area contributed by atoms with Gasteiger partial charge in [-0.15, -0.1) is 11.3 Å². The minimum absolute atomic E-state index is 0.0117. The molecule has 1 heterocycles. The summed E-state index contributed by atoms with van der Waals surface area (Å²) in [6, 6.07) is 14.1. The Balaban J connectivity index is 1.51. The summed E-state index contributed by atoms with van der Waals surface area (Å²) in [5.41, 5.74) is 0.587. The van der Waals surface area contributed by atoms with Crippen LogP contribution in [0.4, 0.5) is 0 Å². The van der Waals surface area contributed by atoms with Crippen molar-refractivity contribution in [3.05, 3.63) is 92.2 Å². The average Bonchev–Trinajstić information content (AvgIpc) is 3.28. The van der Waals surface area contributed by atoms with E-state index in [2.05, 4.69) is 5.32 Å². The number of carbonyl (C=O) groups excluding carboxylic acids is 5. The van der Waals surface area contributed by atoms with E-state index >= 15 is 0 Å². The number of ketones is 3. The average molecular weight is 447 g/mol. The van der Waals surface area contributed by atoms with Crippen molar-refractivity contribution < 1.29 is 28.7 Å². The summed E-state index contributed by atoms with van der Waals surface area (Å²) in [5.74, 6) is -2.22. The Morgan fingerprint density at radius 3 is 2.28 bits per heavy atom. The Morgan fingerprint density at radius 1 is 0.875 bits per heavy atom. The summed E-state index contributed by atoms with van der Waals surface area (Å²) in [6.07, 6.45) is 0. The lowest BCUT2D eigenvalue weighted by Gasteiger charge is -2.19. The van der Waals surface area contributed by atoms with Crippen LogP contribution in [0, 0.1) is 0 Å². The first-order valence-corrected chi connectivity index (χ1v) is 10.5. The lowest BCUT2D eigenvalue weighted by molar-refractivity contribution is -0.119. The van der Waals surface area contributed by atoms with Gasteiger partial charge in [-0.2, -0.15) is 0 Å². The summed E-state index contributed by atoms with van der Waals surface area (Å²) in [7, 11) is 0. The van der Waals surface area contributed by atoms with Gasteiger partial charge in [0.25, 0.3) is 0 Å². The van der Waals surface area contributed by atoms with Crippen molar-refractivity contribution in [2.45, 2.75) is 13.5 Å². The van der Waals surface area contributed by atoms with Crippen molar-refractivity contribution in [3.8, 4) is 0 Å². The van der Waals surface area contributed by atoms with Gasteiger partial charge in [-0.3, -0.25) is 19.2 Å². The van der Waals surface area contributed by atoms with E-state index in [1.807, 2.05) is 0 Å². The van der Waals surface area contributed by atoms with Gasteiger partial charge in [0.05, 0.1) is 17.0 Å². The van der Waals surface area contributed by atoms with Crippen molar-refractivity contribution in [1.82, 2.24) is 5.32 Å². The SMILES string of the molecule is CC(=O)NCc1ccc(C(=O)COC(=O)c2cccc3c2C(=O)c2ccccc2C3=O)s1. The maximum atomic E-state index is 13.0. The molecule has 0 bridgehead atoms. The lowest BCUT2D eigenvalue weighted by atomic mass is 9.82. The van der Waals surface area contributed by atoms with E-state index in [0.29, 0.717) is 17.0 Å². The third kappa shape index (κ3) is 4.00. The summed E-state index contributed by atoms with van der Waals surface area (Å²) in [6.45, 7) is 1.19. The zero-order valence-electron chi connectivity index (χ0n) is 17.0. The van der Waals surface area contributed by atoms with E-state index in [9.17, 15) is 24.0 Å². The van der Waals surface area contributed by atoms with E-state index in [1.165, 1.54) is 36.5 Å². The molecule has 1 aliphatic rings. The van der Waals surface area contributed by atoms with Crippen LogP contribution < -0.4 is 5.32 Å². The number of carbonyl (C=O) groups is 5. The van der Waals surface area contributed by atoms with Gasteiger partial charge in [0.1, 0.15) is 0 Å². The quantitative estimate of drug-likeness (QED) is 0.359. The van der Waals surface area contributed by atoms with Crippen LogP contribution in [0.3, 0.4) is 0 Å². The smallest absolute Gasteiger partial charge is 0.339 e. The topological polar surface area (TPSA) is 107 Å². The van der Waals surface area contributed by atoms with Gasteiger partial charge in [0.15, 0.2) is 18.2 Å². The second-order valence-electron chi connectivity index (χ2n) is 7.11. The van der Waals surface area contributed by atoms with E-state index in [-0.39, 0.29) is 33.9 Å². The van der Waals surface area contributed by atoms with Gasteiger partial charge < -0.3 is 10.1 Å². The van der Waals surface area contributed by atoms with Crippen LogP contribution in [0.1, 0.15) is 63.7 Å². The number of ether oxygens (including phenoxy) is 1. The Labute approximate surface area is 187 Å². The van der Waals surface area contributed by atoms with Crippen molar-refractivity contribution in [2.75, 3.05) is 6.61 Å². The molecule has 0 atom stereocenters. The highest BCUT2D eigenvalue weighted by molar-refractivity contribution is 7.14. The highest BCUT2D eigenvalue weighted by atomic mass is 32.1. The first-order chi connectivity index (χ1) is 15.4. The van der Waals surface area contributed by atoms with Gasteiger partial charge in [0, 0.05) is 34.1 Å². The minimum atomic E-state index is -0.856. The van der Waals surface area contributed by atoms with Crippen LogP contribution in [-0.4, -0.2) is 35.8 Å². The molecule has 0 saturated heterocycles. The third-order valence-corrected chi connectivity index (χ3v) is 6.08. The standard InChI is InChI=1S/C24H17NO6S/c1-13(26)25-11-14-9-10-20(32-14)19(27)12-31-24(30)18-8-4-7-17-21(18)23(29)16-6-3-2-5-15(16)22(17)28/h2-10H,11-12H2,1H3,(H,25,26). The largest absolute Gasteiger partial charge is 0.454 e. The third-order valence-electron chi connectivity index (χ3n) is 4.95. The number of benzene rings is 2. The summed E-state index contributed by atoms with van der Waals surface area (Å²) >= 11 is 1.19. The van der Waals surface area contributed by atoms with E-state index in [1.54, 1.807) is 36.4 Å². The number of Topliss-reactive ketones (excluding diaryl/α,β-unsaturated/α-hetero) is 1. The normalized spacial score (nSPS) is 12.0. The Morgan fingerprint density at radius 2 is 1.56 bits per heavy atom. The van der Waals surface area contributed by atoms with Crippen LogP contribution >= 0.6 is 11.3 Å². The van der Waals surface area contributed by atoms with Crippen LogP contribution in [0.15, 0.2) is 54.6 Å². The van der Waals surface area contributed by atoms with Crippen LogP contribution in [-0.2, 0) is 16.1 Å². The van der Waals surface area contributed by atoms with Gasteiger partial charge >= 0.3 is 5.97 Å². The molecule has 0 aliphatic heterocycles. The molecule has 3 aromatic rings. The van der Waals surface area contributed by atoms with Gasteiger partial charge in [-0.25, -0.2) is 4.79 Å². The maximum Gasteiger partial charge on any atom is 0.339 e. The van der Waals surface area contributed by atoms with Gasteiger partial charge in [0.2, 0.25) is 11.7 Å². The molecule has 1 N–H and O–H groups in total. The fourth-order valence-corrected chi connectivity index (χ4v) is 4.30. The van der Waals surface area contributed by atoms with Crippen LogP contribution in [0.2, 0.25) is 0 Å². The molecule has 1 aliphatic carbocycles.